The van der Waals surface area contributed by atoms with Crippen molar-refractivity contribution in [2.24, 2.45) is 0 Å². The summed E-state index contributed by atoms with van der Waals surface area (Å²) in [5, 5.41) is 5.32. The molecule has 0 heterocycles. The van der Waals surface area contributed by atoms with Gasteiger partial charge < -0.3 is 24.8 Å². The van der Waals surface area contributed by atoms with Crippen molar-refractivity contribution < 1.29 is 28.6 Å². The van der Waals surface area contributed by atoms with Crippen molar-refractivity contribution in [3.05, 3.63) is 59.2 Å². The maximum Gasteiger partial charge on any atom is 0.307 e. The van der Waals surface area contributed by atoms with Crippen LogP contribution >= 0.6 is 0 Å². The number of carbonyl (C=O) groups is 3. The van der Waals surface area contributed by atoms with E-state index in [1.807, 2.05) is 19.1 Å². The zero-order chi connectivity index (χ0) is 22.1. The van der Waals surface area contributed by atoms with Crippen LogP contribution in [0.25, 0.3) is 0 Å². The van der Waals surface area contributed by atoms with Crippen LogP contribution in [0.1, 0.15) is 33.9 Å². The van der Waals surface area contributed by atoms with Crippen LogP contribution in [0, 0.1) is 6.92 Å². The second-order valence-corrected chi connectivity index (χ2v) is 6.56. The fraction of sp³-hybridized carbons (Fsp3) is 0.318. The number of esters is 1. The molecule has 8 heteroatoms. The number of hydrogen-bond donors (Lipinski definition) is 2. The van der Waals surface area contributed by atoms with Gasteiger partial charge in [-0.2, -0.15) is 0 Å². The Morgan fingerprint density at radius 1 is 0.933 bits per heavy atom. The molecule has 160 valence electrons. The number of methoxy groups -OCH3 is 3. The Balaban J connectivity index is 2.08. The quantitative estimate of drug-likeness (QED) is 0.610. The molecule has 2 amide bonds. The van der Waals surface area contributed by atoms with E-state index in [9.17, 15) is 14.4 Å². The molecule has 0 saturated heterocycles. The number of nitrogens with one attached hydrogen (secondary N) is 2. The van der Waals surface area contributed by atoms with Crippen molar-refractivity contribution in [2.75, 3.05) is 27.9 Å². The first-order valence-corrected chi connectivity index (χ1v) is 9.31. The van der Waals surface area contributed by atoms with Crippen LogP contribution in [0.5, 0.6) is 11.5 Å². The summed E-state index contributed by atoms with van der Waals surface area (Å²) in [7, 11) is 4.29. The molecule has 0 fully saturated rings. The standard InChI is InChI=1S/C22H26N2O6/c1-14-5-7-15(8-6-14)22(27)23-13-20(25)24-17(12-21(26)30-4)16-9-10-18(28-2)19(11-16)29-3/h5-11,17H,12-13H2,1-4H3,(H,23,27)(H,24,25)/t17-/m1/s1. The zero-order valence-electron chi connectivity index (χ0n) is 17.5. The van der Waals surface area contributed by atoms with Crippen LogP contribution in [0.3, 0.4) is 0 Å². The van der Waals surface area contributed by atoms with E-state index in [1.165, 1.54) is 21.3 Å². The average Bonchev–Trinajstić information content (AvgIpc) is 2.76. The molecule has 0 aliphatic rings. The number of rotatable bonds is 9. The van der Waals surface area contributed by atoms with Crippen LogP contribution in [0.4, 0.5) is 0 Å². The van der Waals surface area contributed by atoms with Crippen LogP contribution in [0.15, 0.2) is 42.5 Å². The van der Waals surface area contributed by atoms with E-state index in [-0.39, 0.29) is 18.9 Å². The average molecular weight is 414 g/mol. The first-order valence-electron chi connectivity index (χ1n) is 9.31. The summed E-state index contributed by atoms with van der Waals surface area (Å²) in [5.74, 6) is -0.305. The third kappa shape index (κ3) is 6.23. The number of ether oxygens (including phenoxy) is 3. The maximum atomic E-state index is 12.4. The molecule has 0 aliphatic heterocycles. The van der Waals surface area contributed by atoms with E-state index in [4.69, 9.17) is 14.2 Å². The highest BCUT2D eigenvalue weighted by molar-refractivity contribution is 5.96. The van der Waals surface area contributed by atoms with E-state index in [1.54, 1.807) is 30.3 Å². The highest BCUT2D eigenvalue weighted by Crippen LogP contribution is 2.31. The van der Waals surface area contributed by atoms with Crippen LogP contribution in [-0.4, -0.2) is 45.7 Å². The van der Waals surface area contributed by atoms with Crippen molar-refractivity contribution in [1.29, 1.82) is 0 Å². The number of amides is 2. The summed E-state index contributed by atoms with van der Waals surface area (Å²) in [6, 6.07) is 11.4. The van der Waals surface area contributed by atoms with Crippen molar-refractivity contribution in [2.45, 2.75) is 19.4 Å². The normalized spacial score (nSPS) is 11.2. The molecule has 0 saturated carbocycles. The van der Waals surface area contributed by atoms with Crippen LogP contribution in [-0.2, 0) is 14.3 Å². The summed E-state index contributed by atoms with van der Waals surface area (Å²) in [6.45, 7) is 1.68. The van der Waals surface area contributed by atoms with Gasteiger partial charge in [-0.05, 0) is 36.8 Å². The number of carbonyl (C=O) groups excluding carboxylic acids is 3. The third-order valence-corrected chi connectivity index (χ3v) is 4.47. The van der Waals surface area contributed by atoms with Gasteiger partial charge in [-0.15, -0.1) is 0 Å². The molecule has 0 aromatic heterocycles. The van der Waals surface area contributed by atoms with Gasteiger partial charge in [-0.25, -0.2) is 0 Å². The molecule has 30 heavy (non-hydrogen) atoms. The lowest BCUT2D eigenvalue weighted by atomic mass is 10.0. The summed E-state index contributed by atoms with van der Waals surface area (Å²) >= 11 is 0. The van der Waals surface area contributed by atoms with Gasteiger partial charge in [-0.1, -0.05) is 23.8 Å². The van der Waals surface area contributed by atoms with Gasteiger partial charge in [0, 0.05) is 5.56 Å². The summed E-state index contributed by atoms with van der Waals surface area (Å²) in [4.78, 5) is 36.5. The fourth-order valence-electron chi connectivity index (χ4n) is 2.78. The largest absolute Gasteiger partial charge is 0.493 e. The highest BCUT2D eigenvalue weighted by Gasteiger charge is 2.21. The van der Waals surface area contributed by atoms with E-state index in [2.05, 4.69) is 10.6 Å². The lowest BCUT2D eigenvalue weighted by Crippen LogP contribution is -2.39. The van der Waals surface area contributed by atoms with Crippen LogP contribution < -0.4 is 20.1 Å². The molecular formula is C22H26N2O6. The third-order valence-electron chi connectivity index (χ3n) is 4.47. The van der Waals surface area contributed by atoms with Gasteiger partial charge in [-0.3, -0.25) is 14.4 Å². The Labute approximate surface area is 175 Å². The zero-order valence-corrected chi connectivity index (χ0v) is 17.5. The van der Waals surface area contributed by atoms with Gasteiger partial charge in [0.05, 0.1) is 40.3 Å². The highest BCUT2D eigenvalue weighted by atomic mass is 16.5. The fourth-order valence-corrected chi connectivity index (χ4v) is 2.78. The van der Waals surface area contributed by atoms with Crippen molar-refractivity contribution in [1.82, 2.24) is 10.6 Å². The Morgan fingerprint density at radius 3 is 2.20 bits per heavy atom. The molecule has 2 aromatic rings. The second kappa shape index (κ2) is 10.8. The summed E-state index contributed by atoms with van der Waals surface area (Å²) in [6.07, 6.45) is -0.0797. The molecule has 0 unspecified atom stereocenters. The van der Waals surface area contributed by atoms with E-state index >= 15 is 0 Å². The number of aryl methyl sites for hydroxylation is 1. The Hall–Kier alpha value is -3.55. The molecule has 2 rings (SSSR count). The predicted octanol–water partition coefficient (Wildman–Crippen LogP) is 2.16. The molecule has 0 radical (unpaired) electrons. The predicted molar refractivity (Wildman–Crippen MR) is 111 cm³/mol. The molecule has 2 N–H and O–H groups in total. The van der Waals surface area contributed by atoms with Gasteiger partial charge in [0.2, 0.25) is 5.91 Å². The minimum atomic E-state index is -0.666. The van der Waals surface area contributed by atoms with Crippen molar-refractivity contribution in [3.8, 4) is 11.5 Å². The number of hydrogen-bond acceptors (Lipinski definition) is 6. The maximum absolute atomic E-state index is 12.4. The summed E-state index contributed by atoms with van der Waals surface area (Å²) in [5.41, 5.74) is 2.13. The second-order valence-electron chi connectivity index (χ2n) is 6.56. The molecule has 0 aliphatic carbocycles. The minimum absolute atomic E-state index is 0.0797. The lowest BCUT2D eigenvalue weighted by molar-refractivity contribution is -0.141. The van der Waals surface area contributed by atoms with Crippen LogP contribution in [0.2, 0.25) is 0 Å². The van der Waals surface area contributed by atoms with E-state index < -0.39 is 17.9 Å². The van der Waals surface area contributed by atoms with Crippen molar-refractivity contribution in [3.63, 3.8) is 0 Å². The molecule has 8 nitrogen and oxygen atoms in total. The molecular weight excluding hydrogens is 388 g/mol. The first kappa shape index (κ1) is 22.7. The lowest BCUT2D eigenvalue weighted by Gasteiger charge is -2.20. The first-order chi connectivity index (χ1) is 14.4. The Morgan fingerprint density at radius 2 is 1.60 bits per heavy atom. The molecule has 1 atom stereocenters. The Bertz CT molecular complexity index is 895. The molecule has 0 bridgehead atoms. The van der Waals surface area contributed by atoms with Gasteiger partial charge in [0.15, 0.2) is 11.5 Å². The van der Waals surface area contributed by atoms with E-state index in [0.29, 0.717) is 22.6 Å². The van der Waals surface area contributed by atoms with E-state index in [0.717, 1.165) is 5.56 Å². The molecule has 2 aromatic carbocycles. The van der Waals surface area contributed by atoms with Gasteiger partial charge in [0.1, 0.15) is 0 Å². The Kier molecular flexibility index (Phi) is 8.22. The monoisotopic (exact) mass is 414 g/mol. The van der Waals surface area contributed by atoms with Gasteiger partial charge >= 0.3 is 5.97 Å². The SMILES string of the molecule is COC(=O)C[C@@H](NC(=O)CNC(=O)c1ccc(C)cc1)c1ccc(OC)c(OC)c1. The molecule has 0 spiro atoms. The smallest absolute Gasteiger partial charge is 0.307 e. The van der Waals surface area contributed by atoms with Crippen molar-refractivity contribution >= 4 is 17.8 Å². The topological polar surface area (TPSA) is 103 Å². The number of benzene rings is 2. The van der Waals surface area contributed by atoms with Gasteiger partial charge in [0.25, 0.3) is 5.91 Å². The summed E-state index contributed by atoms with van der Waals surface area (Å²) < 4.78 is 15.2. The minimum Gasteiger partial charge on any atom is -0.493 e.